The van der Waals surface area contributed by atoms with E-state index in [1.54, 1.807) is 30.6 Å². The van der Waals surface area contributed by atoms with Crippen LogP contribution in [0.4, 0.5) is 15.3 Å². The molecule has 3 fully saturated rings. The van der Waals surface area contributed by atoms with E-state index >= 15 is 0 Å². The van der Waals surface area contributed by atoms with Gasteiger partial charge in [0.05, 0.1) is 12.0 Å². The van der Waals surface area contributed by atoms with Gasteiger partial charge in [0.15, 0.2) is 6.10 Å². The van der Waals surface area contributed by atoms with Crippen molar-refractivity contribution in [1.82, 2.24) is 24.5 Å². The number of benzene rings is 2. The Morgan fingerprint density at radius 2 is 1.44 bits per heavy atom. The van der Waals surface area contributed by atoms with Gasteiger partial charge in [0.1, 0.15) is 5.75 Å². The van der Waals surface area contributed by atoms with Crippen LogP contribution in [0.1, 0.15) is 76.1 Å². The summed E-state index contributed by atoms with van der Waals surface area (Å²) in [6.45, 7) is 14.0. The van der Waals surface area contributed by atoms with E-state index in [9.17, 15) is 29.1 Å². The third-order valence-corrected chi connectivity index (χ3v) is 11.9. The van der Waals surface area contributed by atoms with Gasteiger partial charge in [-0.2, -0.15) is 0 Å². The number of amides is 4. The zero-order chi connectivity index (χ0) is 41.6. The quantitative estimate of drug-likeness (QED) is 0.247. The van der Waals surface area contributed by atoms with Gasteiger partial charge in [0.25, 0.3) is 5.91 Å². The van der Waals surface area contributed by atoms with Crippen LogP contribution < -0.4 is 5.32 Å². The first-order valence-electron chi connectivity index (χ1n) is 20.6. The molecule has 3 saturated heterocycles. The lowest BCUT2D eigenvalue weighted by Crippen LogP contribution is -2.55. The van der Waals surface area contributed by atoms with Crippen molar-refractivity contribution in [2.24, 2.45) is 5.41 Å². The van der Waals surface area contributed by atoms with Gasteiger partial charge in [0, 0.05) is 83.1 Å². The average molecular weight is 821 g/mol. The molecule has 2 N–H and O–H groups in total. The number of carbonyl (C=O) groups excluding carboxylic acids is 5. The molecule has 59 heavy (non-hydrogen) atoms. The number of fused-ring (bicyclic) bond motifs is 1. The summed E-state index contributed by atoms with van der Waals surface area (Å²) in [4.78, 5) is 75.1. The lowest BCUT2D eigenvalue weighted by molar-refractivity contribution is -0.173. The van der Waals surface area contributed by atoms with E-state index < -0.39 is 36.3 Å². The largest absolute Gasteiger partial charge is 0.507 e. The minimum atomic E-state index is -1.04. The van der Waals surface area contributed by atoms with E-state index in [2.05, 4.69) is 10.2 Å². The van der Waals surface area contributed by atoms with Crippen LogP contribution in [0.2, 0.25) is 0 Å². The number of phenolic OH excluding ortho intramolecular Hbond substituents is 1. The molecule has 0 spiro atoms. The first-order valence-corrected chi connectivity index (χ1v) is 20.6. The molecule has 1 atom stereocenters. The summed E-state index contributed by atoms with van der Waals surface area (Å²) in [6, 6.07) is 11.6. The molecule has 6 rings (SSSR count). The highest BCUT2D eigenvalue weighted by molar-refractivity contribution is 5.91. The molecule has 0 unspecified atom stereocenters. The van der Waals surface area contributed by atoms with E-state index in [0.717, 1.165) is 49.2 Å². The maximum atomic E-state index is 14.2. The highest BCUT2D eigenvalue weighted by Crippen LogP contribution is 2.28. The van der Waals surface area contributed by atoms with Gasteiger partial charge in [-0.05, 0) is 95.0 Å². The monoisotopic (exact) mass is 820 g/mol. The maximum Gasteiger partial charge on any atom is 0.410 e. The van der Waals surface area contributed by atoms with Gasteiger partial charge in [-0.3, -0.25) is 24.2 Å². The van der Waals surface area contributed by atoms with E-state index in [-0.39, 0.29) is 50.2 Å². The zero-order valence-electron chi connectivity index (χ0n) is 34.7. The molecule has 0 saturated carbocycles. The number of esters is 2. The van der Waals surface area contributed by atoms with E-state index in [1.165, 1.54) is 0 Å². The number of rotatable bonds is 10. The summed E-state index contributed by atoms with van der Waals surface area (Å²) >= 11 is 0. The van der Waals surface area contributed by atoms with Crippen molar-refractivity contribution < 1.29 is 43.3 Å². The molecule has 324 valence electrons. The van der Waals surface area contributed by atoms with E-state index in [4.69, 9.17) is 14.2 Å². The Labute approximate surface area is 348 Å². The molecule has 4 amide bonds. The summed E-state index contributed by atoms with van der Waals surface area (Å²) < 4.78 is 16.3. The molecule has 2 aromatic rings. The Balaban J connectivity index is 0.00000661. The van der Waals surface area contributed by atoms with Crippen LogP contribution in [0.3, 0.4) is 0 Å². The average Bonchev–Trinajstić information content (AvgIpc) is 3.37. The van der Waals surface area contributed by atoms with Crippen molar-refractivity contribution in [2.45, 2.75) is 98.8 Å². The molecule has 0 bridgehead atoms. The summed E-state index contributed by atoms with van der Waals surface area (Å²) in [5, 5.41) is 13.4. The van der Waals surface area contributed by atoms with Gasteiger partial charge in [-0.25, -0.2) is 9.59 Å². The topological polar surface area (TPSA) is 161 Å². The number of piperazine rings is 1. The standard InChI is InChI=1S/C43H60N6O9.CH4/c1-29-24-31(25-30(2)38(29)51)26-36(58-42(55)48-17-13-34(14-18-48)49-19-10-32-8-6-7-9-35(32)44-41(49)54)39(52)47-15-11-33(12-16-47)46-22-20-45(21-23-46)27-37(50)56-28-57-40(53)43(3,4)5;/h6-9,24-25,33-34,36,51H,10-23,26-28H2,1-5H3,(H,44,54);1H4/t36-;/m1./s1. The van der Waals surface area contributed by atoms with Crippen LogP contribution in [-0.2, 0) is 41.4 Å². The number of hydrogen-bond acceptors (Lipinski definition) is 11. The number of aromatic hydroxyl groups is 1. The smallest absolute Gasteiger partial charge is 0.410 e. The van der Waals surface area contributed by atoms with Crippen LogP contribution in [0, 0.1) is 19.3 Å². The molecule has 2 aromatic carbocycles. The molecular weight excluding hydrogens is 757 g/mol. The van der Waals surface area contributed by atoms with Crippen LogP contribution in [0.5, 0.6) is 5.75 Å². The number of ether oxygens (including phenoxy) is 3. The molecule has 15 heteroatoms. The fraction of sp³-hybridized carbons (Fsp3) is 0.614. The number of urea groups is 1. The van der Waals surface area contributed by atoms with Gasteiger partial charge in [0.2, 0.25) is 6.79 Å². The highest BCUT2D eigenvalue weighted by Gasteiger charge is 2.37. The SMILES string of the molecule is C.Cc1cc(C[C@@H](OC(=O)N2CCC(N3CCc4ccccc4NC3=O)CC2)C(=O)N2CCC(N3CCN(CC(=O)OCOC(=O)C(C)(C)C)CC3)CC2)cc(C)c1O. The first kappa shape index (κ1) is 45.2. The molecule has 4 heterocycles. The summed E-state index contributed by atoms with van der Waals surface area (Å²) in [7, 11) is 0. The van der Waals surface area contributed by atoms with Crippen LogP contribution in [0.25, 0.3) is 0 Å². The number of anilines is 1. The highest BCUT2D eigenvalue weighted by atomic mass is 16.7. The van der Waals surface area contributed by atoms with Crippen molar-refractivity contribution >= 4 is 35.7 Å². The van der Waals surface area contributed by atoms with Gasteiger partial charge >= 0.3 is 24.1 Å². The van der Waals surface area contributed by atoms with Gasteiger partial charge in [-0.1, -0.05) is 37.8 Å². The Morgan fingerprint density at radius 1 is 0.831 bits per heavy atom. The third kappa shape index (κ3) is 11.7. The van der Waals surface area contributed by atoms with Crippen molar-refractivity contribution in [3.8, 4) is 5.75 Å². The molecule has 4 aliphatic heterocycles. The Hall–Kier alpha value is -4.89. The Bertz CT molecular complexity index is 1780. The predicted octanol–water partition coefficient (Wildman–Crippen LogP) is 4.95. The molecule has 0 aromatic heterocycles. The fourth-order valence-corrected chi connectivity index (χ4v) is 8.39. The second-order valence-electron chi connectivity index (χ2n) is 17.1. The fourth-order valence-electron chi connectivity index (χ4n) is 8.39. The Morgan fingerprint density at radius 3 is 2.08 bits per heavy atom. The third-order valence-electron chi connectivity index (χ3n) is 11.9. The first-order chi connectivity index (χ1) is 27.7. The maximum absolute atomic E-state index is 14.2. The predicted molar refractivity (Wildman–Crippen MR) is 223 cm³/mol. The lowest BCUT2D eigenvalue weighted by atomic mass is 9.98. The number of hydrogen-bond donors (Lipinski definition) is 2. The van der Waals surface area contributed by atoms with Gasteiger partial charge < -0.3 is 39.3 Å². The van der Waals surface area contributed by atoms with E-state index in [1.807, 2.05) is 60.0 Å². The number of nitrogens with zero attached hydrogens (tertiary/aromatic N) is 5. The molecule has 0 radical (unpaired) electrons. The van der Waals surface area contributed by atoms with E-state index in [0.29, 0.717) is 69.8 Å². The van der Waals surface area contributed by atoms with Crippen molar-refractivity contribution in [1.29, 1.82) is 0 Å². The van der Waals surface area contributed by atoms with Crippen molar-refractivity contribution in [3.63, 3.8) is 0 Å². The number of para-hydroxylation sites is 1. The summed E-state index contributed by atoms with van der Waals surface area (Å²) in [5.41, 5.74) is 3.45. The van der Waals surface area contributed by atoms with Crippen molar-refractivity contribution in [2.75, 3.05) is 77.6 Å². The molecule has 4 aliphatic rings. The van der Waals surface area contributed by atoms with Crippen molar-refractivity contribution in [3.05, 3.63) is 58.7 Å². The second kappa shape index (κ2) is 19.9. The van der Waals surface area contributed by atoms with Crippen LogP contribution >= 0.6 is 0 Å². The van der Waals surface area contributed by atoms with Crippen LogP contribution in [0.15, 0.2) is 36.4 Å². The molecular formula is C44H64N6O9. The second-order valence-corrected chi connectivity index (χ2v) is 17.1. The number of phenols is 1. The minimum absolute atomic E-state index is 0. The number of carbonyl (C=O) groups is 5. The summed E-state index contributed by atoms with van der Waals surface area (Å²) in [6.07, 6.45) is 2.11. The number of nitrogens with one attached hydrogen (secondary N) is 1. The lowest BCUT2D eigenvalue weighted by Gasteiger charge is -2.43. The van der Waals surface area contributed by atoms with Crippen LogP contribution in [-0.4, -0.2) is 150 Å². The number of aryl methyl sites for hydroxylation is 2. The normalized spacial score (nSPS) is 19.1. The number of piperidine rings is 2. The molecule has 15 nitrogen and oxygen atoms in total. The minimum Gasteiger partial charge on any atom is -0.507 e. The van der Waals surface area contributed by atoms with Gasteiger partial charge in [-0.15, -0.1) is 0 Å². The summed E-state index contributed by atoms with van der Waals surface area (Å²) in [5.74, 6) is -0.897. The number of likely N-dealkylation sites (tertiary alicyclic amines) is 2. The molecule has 0 aliphatic carbocycles. The zero-order valence-corrected chi connectivity index (χ0v) is 34.7. The Kier molecular flexibility index (Phi) is 15.3.